The highest BCUT2D eigenvalue weighted by Gasteiger charge is 2.74. The standard InChI is InChI=1S/C72H88N6O16S/c1-41-52(40-72(91)63(94-67(89)46-24-15-10-16-25-46)61-70(6)35-34-48(70)39-53(80)71(61,7)62(85)42(2)58(41)69(72,4)5)92-68(90)60(59(44-20-11-8-12-21-44)78-66(88)45-22-13-9-14-23-45)93-57(84)33-32-54(81)75-36-18-17-27-50(65(74)87)77-56(83)30-28-47(64(73)86)38-51(79)43(3)76-55(82)31-29-49-26-19-37-95-49/h8-16,19-26,29,31,37,42-43,47-48,50,52-53,59-61,63,80,91H,17-18,27-28,30,32-36,38-40H2,1-7H3,(H2,73,86)(H2,74,87)(H,75,81)(H,76,82)(H,77,83)(H,78,88)/b31-29+/t42-,43?,47-,48-,50?,52+,53+,59-,60-,61-,63+,70-,71-,72-/m1/s1. The molecule has 0 aliphatic heterocycles. The van der Waals surface area contributed by atoms with Crippen LogP contribution in [0.15, 0.2) is 126 Å². The number of Topliss-reactive ketones (excluding diaryl/α,β-unsaturated/α-hetero) is 2. The molecule has 2 unspecified atom stereocenters. The Hall–Kier alpha value is -8.67. The van der Waals surface area contributed by atoms with Gasteiger partial charge in [0.2, 0.25) is 35.6 Å². The maximum atomic E-state index is 15.5. The van der Waals surface area contributed by atoms with E-state index in [1.54, 1.807) is 132 Å². The number of aliphatic hydroxyl groups excluding tert-OH is 1. The molecule has 0 saturated heterocycles. The zero-order chi connectivity index (χ0) is 69.2. The Morgan fingerprint density at radius 3 is 2.03 bits per heavy atom. The summed E-state index contributed by atoms with van der Waals surface area (Å²) in [5.41, 5.74) is 7.08. The number of amides is 6. The molecule has 95 heavy (non-hydrogen) atoms. The van der Waals surface area contributed by atoms with E-state index in [2.05, 4.69) is 21.3 Å². The maximum Gasteiger partial charge on any atom is 0.350 e. The van der Waals surface area contributed by atoms with Crippen molar-refractivity contribution < 1.29 is 77.2 Å². The summed E-state index contributed by atoms with van der Waals surface area (Å²) in [6.45, 7) is 12.2. The molecular weight excluding hydrogens is 1240 g/mol. The molecule has 4 aliphatic rings. The van der Waals surface area contributed by atoms with Crippen LogP contribution in [0.4, 0.5) is 0 Å². The fourth-order valence-corrected chi connectivity index (χ4v) is 15.5. The second-order valence-corrected chi connectivity index (χ2v) is 27.7. The lowest BCUT2D eigenvalue weighted by atomic mass is 9.37. The van der Waals surface area contributed by atoms with Crippen LogP contribution in [0.25, 0.3) is 6.08 Å². The van der Waals surface area contributed by atoms with Gasteiger partial charge in [-0.3, -0.25) is 43.2 Å². The molecule has 4 aliphatic carbocycles. The number of rotatable bonds is 29. The number of primary amides is 2. The SMILES string of the molecule is CC1=C2[C@@H](C)C(=O)[C@@]3(C)[C@H]([C@H](OC(=O)c4ccccc4)[C@](O)(C[C@@H]1OC(=O)[C@H](OC(=O)CCC(=O)NCCCCC(NC(=O)CC[C@H](CC(=O)C(C)NC(=O)/C=C/c1cccs1)C(N)=O)C(N)=O)[C@H](NC(=O)c1ccccc1)c1ccccc1)C2(C)C)[C@]1(C)CC[C@@H]1C[C@@H]3O. The van der Waals surface area contributed by atoms with E-state index < -0.39 is 154 Å². The first-order chi connectivity index (χ1) is 45.0. The van der Waals surface area contributed by atoms with Crippen LogP contribution >= 0.6 is 11.3 Å². The monoisotopic (exact) mass is 1320 g/mol. The number of unbranched alkanes of at least 4 members (excludes halogenated alkanes) is 1. The Kier molecular flexibility index (Phi) is 23.4. The molecular formula is C72H88N6O16S. The highest BCUT2D eigenvalue weighted by molar-refractivity contribution is 7.10. The smallest absolute Gasteiger partial charge is 0.350 e. The number of hydrogen-bond donors (Lipinski definition) is 8. The van der Waals surface area contributed by atoms with Crippen molar-refractivity contribution in [2.24, 2.45) is 51.4 Å². The third kappa shape index (κ3) is 16.2. The summed E-state index contributed by atoms with van der Waals surface area (Å²) in [6, 6.07) is 24.8. The highest BCUT2D eigenvalue weighted by atomic mass is 32.1. The van der Waals surface area contributed by atoms with Crippen molar-refractivity contribution >= 4 is 82.3 Å². The average Bonchev–Trinajstić information content (AvgIpc) is 0.726. The number of fused-ring (bicyclic) bond motifs is 5. The van der Waals surface area contributed by atoms with Gasteiger partial charge in [-0.1, -0.05) is 100 Å². The molecule has 3 aromatic carbocycles. The van der Waals surface area contributed by atoms with Crippen LogP contribution in [0, 0.1) is 39.9 Å². The van der Waals surface area contributed by atoms with Crippen molar-refractivity contribution in [3.05, 3.63) is 147 Å². The first-order valence-electron chi connectivity index (χ1n) is 32.4. The fraction of sp³-hybridized carbons (Fsp3) is 0.486. The van der Waals surface area contributed by atoms with Crippen molar-refractivity contribution in [2.45, 2.75) is 174 Å². The van der Waals surface area contributed by atoms with Crippen LogP contribution in [-0.4, -0.2) is 124 Å². The zero-order valence-corrected chi connectivity index (χ0v) is 55.6. The summed E-state index contributed by atoms with van der Waals surface area (Å²) in [7, 11) is 0. The molecule has 10 N–H and O–H groups in total. The van der Waals surface area contributed by atoms with Gasteiger partial charge in [0.1, 0.15) is 35.7 Å². The molecule has 14 atom stereocenters. The van der Waals surface area contributed by atoms with Gasteiger partial charge in [-0.2, -0.15) is 0 Å². The predicted octanol–water partition coefficient (Wildman–Crippen LogP) is 6.86. The second-order valence-electron chi connectivity index (χ2n) is 26.7. The number of nitrogens with two attached hydrogens (primary N) is 2. The summed E-state index contributed by atoms with van der Waals surface area (Å²) < 4.78 is 19.2. The number of thiophene rings is 1. The molecule has 23 heteroatoms. The molecule has 1 aromatic heterocycles. The van der Waals surface area contributed by atoms with Gasteiger partial charge in [0, 0.05) is 71.9 Å². The molecule has 6 amide bonds. The minimum Gasteiger partial charge on any atom is -0.455 e. The van der Waals surface area contributed by atoms with Crippen LogP contribution < -0.4 is 32.7 Å². The lowest BCUT2D eigenvalue weighted by Crippen LogP contribution is -2.74. The van der Waals surface area contributed by atoms with Gasteiger partial charge in [0.25, 0.3) is 5.91 Å². The van der Waals surface area contributed by atoms with Crippen LogP contribution in [0.3, 0.4) is 0 Å². The topological polar surface area (TPSA) is 356 Å². The van der Waals surface area contributed by atoms with Crippen molar-refractivity contribution in [3.8, 4) is 0 Å². The van der Waals surface area contributed by atoms with Gasteiger partial charge in [-0.05, 0) is 136 Å². The number of ether oxygens (including phenoxy) is 3. The van der Waals surface area contributed by atoms with Gasteiger partial charge >= 0.3 is 17.9 Å². The molecule has 508 valence electrons. The van der Waals surface area contributed by atoms with E-state index in [9.17, 15) is 53.4 Å². The third-order valence-corrected chi connectivity index (χ3v) is 21.3. The number of carbonyl (C=O) groups is 11. The minimum atomic E-state index is -2.10. The molecule has 1 heterocycles. The fourth-order valence-electron chi connectivity index (χ4n) is 14.8. The molecule has 8 rings (SSSR count). The Morgan fingerprint density at radius 2 is 1.42 bits per heavy atom. The van der Waals surface area contributed by atoms with Crippen molar-refractivity contribution in [1.82, 2.24) is 21.3 Å². The van der Waals surface area contributed by atoms with E-state index >= 15 is 9.59 Å². The molecule has 0 spiro atoms. The number of carbonyl (C=O) groups excluding carboxylic acids is 11. The van der Waals surface area contributed by atoms with Gasteiger partial charge < -0.3 is 57.2 Å². The Morgan fingerprint density at radius 1 is 0.768 bits per heavy atom. The first kappa shape index (κ1) is 72.2. The minimum absolute atomic E-state index is 0.0674. The number of ketones is 2. The van der Waals surface area contributed by atoms with Crippen molar-refractivity contribution in [3.63, 3.8) is 0 Å². The first-order valence-corrected chi connectivity index (χ1v) is 33.3. The molecule has 2 bridgehead atoms. The van der Waals surface area contributed by atoms with Gasteiger partial charge in [0.15, 0.2) is 5.78 Å². The van der Waals surface area contributed by atoms with Crippen LogP contribution in [0.5, 0.6) is 0 Å². The molecule has 4 aromatic rings. The Labute approximate surface area is 557 Å². The number of aliphatic hydroxyl groups is 2. The number of esters is 3. The lowest BCUT2D eigenvalue weighted by Gasteiger charge is -2.68. The number of benzene rings is 3. The molecule has 3 saturated carbocycles. The van der Waals surface area contributed by atoms with Crippen LogP contribution in [0.1, 0.15) is 163 Å². The Bertz CT molecular complexity index is 3560. The second kappa shape index (κ2) is 30.8. The van der Waals surface area contributed by atoms with Crippen molar-refractivity contribution in [2.75, 3.05) is 6.54 Å². The zero-order valence-electron chi connectivity index (χ0n) is 54.8. The molecule has 0 radical (unpaired) electrons. The predicted molar refractivity (Wildman–Crippen MR) is 351 cm³/mol. The summed E-state index contributed by atoms with van der Waals surface area (Å²) in [5.74, 6) is -10.8. The lowest BCUT2D eigenvalue weighted by molar-refractivity contribution is -0.265. The summed E-state index contributed by atoms with van der Waals surface area (Å²) in [6.07, 6.45) is -2.81. The summed E-state index contributed by atoms with van der Waals surface area (Å²) >= 11 is 1.43. The van der Waals surface area contributed by atoms with Gasteiger partial charge in [-0.15, -0.1) is 11.3 Å². The van der Waals surface area contributed by atoms with E-state index in [1.165, 1.54) is 24.3 Å². The molecule has 22 nitrogen and oxygen atoms in total. The van der Waals surface area contributed by atoms with E-state index in [-0.39, 0.29) is 67.9 Å². The number of hydrogen-bond acceptors (Lipinski definition) is 17. The average molecular weight is 1330 g/mol. The summed E-state index contributed by atoms with van der Waals surface area (Å²) in [4.78, 5) is 151. The molecule has 3 fully saturated rings. The third-order valence-electron chi connectivity index (χ3n) is 20.4. The van der Waals surface area contributed by atoms with Crippen LogP contribution in [-0.2, 0) is 57.4 Å². The van der Waals surface area contributed by atoms with Crippen molar-refractivity contribution in [1.29, 1.82) is 0 Å². The number of nitrogens with one attached hydrogen (secondary N) is 4. The Balaban J connectivity index is 0.945. The van der Waals surface area contributed by atoms with E-state index in [0.29, 0.717) is 36.0 Å². The van der Waals surface area contributed by atoms with E-state index in [0.717, 1.165) is 11.3 Å². The highest BCUT2D eigenvalue weighted by Crippen LogP contribution is 2.70. The quantitative estimate of drug-likeness (QED) is 0.00904. The van der Waals surface area contributed by atoms with Crippen LogP contribution in [0.2, 0.25) is 0 Å². The summed E-state index contributed by atoms with van der Waals surface area (Å²) in [5, 5.41) is 38.7. The normalized spacial score (nSPS) is 25.8. The van der Waals surface area contributed by atoms with E-state index in [1.807, 2.05) is 24.4 Å². The van der Waals surface area contributed by atoms with E-state index in [4.69, 9.17) is 25.7 Å². The van der Waals surface area contributed by atoms with Gasteiger partial charge in [-0.25, -0.2) is 9.59 Å². The largest absolute Gasteiger partial charge is 0.455 e. The maximum absolute atomic E-state index is 15.5. The van der Waals surface area contributed by atoms with Gasteiger partial charge in [0.05, 0.1) is 29.5 Å².